The van der Waals surface area contributed by atoms with Crippen molar-refractivity contribution < 1.29 is 47.5 Å². The van der Waals surface area contributed by atoms with Gasteiger partial charge >= 0.3 is 25.7 Å². The summed E-state index contributed by atoms with van der Waals surface area (Å²) in [6.45, 7) is 2.72. The number of phosphoric acid groups is 1. The van der Waals surface area contributed by atoms with Gasteiger partial charge in [-0.15, -0.1) is 0 Å². The summed E-state index contributed by atoms with van der Waals surface area (Å²) < 4.78 is 32.5. The zero-order chi connectivity index (χ0) is 36.4. The number of carbonyl (C=O) groups excluding carboxylic acids is 2. The van der Waals surface area contributed by atoms with Crippen LogP contribution < -0.4 is 5.73 Å². The number of unbranched alkanes of at least 4 members (excludes halogenated alkanes) is 17. The summed E-state index contributed by atoms with van der Waals surface area (Å²) in [6.07, 6.45) is 31.1. The van der Waals surface area contributed by atoms with Crippen molar-refractivity contribution in [1.29, 1.82) is 0 Å². The second kappa shape index (κ2) is 33.1. The predicted molar refractivity (Wildman–Crippen MR) is 194 cm³/mol. The largest absolute Gasteiger partial charge is 0.480 e. The number of aliphatic carboxylic acids is 1. The first-order valence-electron chi connectivity index (χ1n) is 18.9. The second-order valence-electron chi connectivity index (χ2n) is 12.7. The molecule has 286 valence electrons. The zero-order valence-corrected chi connectivity index (χ0v) is 31.4. The lowest BCUT2D eigenvalue weighted by atomic mass is 10.1. The van der Waals surface area contributed by atoms with Crippen molar-refractivity contribution in [3.8, 4) is 0 Å². The van der Waals surface area contributed by atoms with Crippen molar-refractivity contribution in [3.63, 3.8) is 0 Å². The highest BCUT2D eigenvalue weighted by atomic mass is 31.2. The Hall–Kier alpha value is -2.04. The number of rotatable bonds is 35. The first kappa shape index (κ1) is 47.0. The number of phosphoric ester groups is 1. The maximum atomic E-state index is 12.5. The van der Waals surface area contributed by atoms with Crippen LogP contribution in [0, 0.1) is 0 Å². The van der Waals surface area contributed by atoms with Crippen LogP contribution in [0.2, 0.25) is 0 Å². The minimum Gasteiger partial charge on any atom is -0.480 e. The molecule has 1 unspecified atom stereocenters. The Balaban J connectivity index is 4.47. The zero-order valence-electron chi connectivity index (χ0n) is 30.5. The molecule has 0 radical (unpaired) electrons. The molecule has 0 aliphatic carbocycles. The summed E-state index contributed by atoms with van der Waals surface area (Å²) >= 11 is 0. The number of hydrogen-bond donors (Lipinski definition) is 3. The van der Waals surface area contributed by atoms with Crippen molar-refractivity contribution in [2.45, 2.75) is 174 Å². The van der Waals surface area contributed by atoms with Gasteiger partial charge in [-0.05, 0) is 64.2 Å². The normalized spacial score (nSPS) is 14.2. The molecule has 0 saturated carbocycles. The van der Waals surface area contributed by atoms with Crippen LogP contribution in [0.25, 0.3) is 0 Å². The van der Waals surface area contributed by atoms with Crippen LogP contribution in [-0.2, 0) is 37.5 Å². The maximum Gasteiger partial charge on any atom is 0.472 e. The van der Waals surface area contributed by atoms with Gasteiger partial charge in [-0.3, -0.25) is 23.4 Å². The van der Waals surface area contributed by atoms with E-state index >= 15 is 0 Å². The number of carboxylic acid groups (broad SMARTS) is 1. The van der Waals surface area contributed by atoms with Gasteiger partial charge < -0.3 is 25.2 Å². The molecule has 0 rings (SSSR count). The van der Waals surface area contributed by atoms with Crippen LogP contribution in [0.3, 0.4) is 0 Å². The average Bonchev–Trinajstić information content (AvgIpc) is 3.07. The Labute approximate surface area is 296 Å². The topological polar surface area (TPSA) is 172 Å². The third-order valence-electron chi connectivity index (χ3n) is 7.92. The highest BCUT2D eigenvalue weighted by Crippen LogP contribution is 2.43. The third-order valence-corrected chi connectivity index (χ3v) is 8.87. The van der Waals surface area contributed by atoms with Gasteiger partial charge in [0.1, 0.15) is 12.6 Å². The number of carbonyl (C=O) groups is 3. The van der Waals surface area contributed by atoms with Gasteiger partial charge in [0.15, 0.2) is 6.10 Å². The first-order chi connectivity index (χ1) is 23.6. The minimum absolute atomic E-state index is 0.150. The van der Waals surface area contributed by atoms with E-state index in [1.54, 1.807) is 0 Å². The summed E-state index contributed by atoms with van der Waals surface area (Å²) in [4.78, 5) is 45.7. The average molecular weight is 718 g/mol. The van der Waals surface area contributed by atoms with E-state index < -0.39 is 51.1 Å². The summed E-state index contributed by atoms with van der Waals surface area (Å²) in [5, 5.41) is 8.85. The van der Waals surface area contributed by atoms with Gasteiger partial charge in [0.25, 0.3) is 0 Å². The highest BCUT2D eigenvalue weighted by Gasteiger charge is 2.28. The van der Waals surface area contributed by atoms with Crippen LogP contribution >= 0.6 is 7.82 Å². The van der Waals surface area contributed by atoms with Crippen LogP contribution in [0.15, 0.2) is 24.3 Å². The Morgan fingerprint density at radius 2 is 1.02 bits per heavy atom. The third kappa shape index (κ3) is 32.9. The first-order valence-corrected chi connectivity index (χ1v) is 20.4. The molecule has 0 aromatic carbocycles. The molecule has 0 bridgehead atoms. The van der Waals surface area contributed by atoms with Crippen LogP contribution in [0.5, 0.6) is 0 Å². The number of ether oxygens (including phenoxy) is 2. The molecule has 0 spiro atoms. The molecule has 0 aliphatic rings. The fourth-order valence-electron chi connectivity index (χ4n) is 4.88. The Kier molecular flexibility index (Phi) is 31.7. The van der Waals surface area contributed by atoms with E-state index in [4.69, 9.17) is 24.8 Å². The van der Waals surface area contributed by atoms with Crippen LogP contribution in [0.1, 0.15) is 162 Å². The maximum absolute atomic E-state index is 12.5. The Morgan fingerprint density at radius 3 is 1.53 bits per heavy atom. The van der Waals surface area contributed by atoms with E-state index in [0.29, 0.717) is 12.8 Å². The molecule has 0 amide bonds. The van der Waals surface area contributed by atoms with E-state index in [1.165, 1.54) is 44.9 Å². The smallest absolute Gasteiger partial charge is 0.472 e. The van der Waals surface area contributed by atoms with Gasteiger partial charge in [-0.25, -0.2) is 4.57 Å². The summed E-state index contributed by atoms with van der Waals surface area (Å²) in [6, 6.07) is -1.52. The monoisotopic (exact) mass is 717 g/mol. The van der Waals surface area contributed by atoms with Gasteiger partial charge in [-0.1, -0.05) is 109 Å². The lowest BCUT2D eigenvalue weighted by Crippen LogP contribution is -2.34. The van der Waals surface area contributed by atoms with Gasteiger partial charge in [0.05, 0.1) is 13.2 Å². The van der Waals surface area contributed by atoms with E-state index in [0.717, 1.165) is 77.0 Å². The van der Waals surface area contributed by atoms with Crippen molar-refractivity contribution in [2.24, 2.45) is 5.73 Å². The lowest BCUT2D eigenvalue weighted by molar-refractivity contribution is -0.161. The number of allylic oxidation sites excluding steroid dienone is 4. The summed E-state index contributed by atoms with van der Waals surface area (Å²) in [7, 11) is -4.71. The second-order valence-corrected chi connectivity index (χ2v) is 14.2. The molecule has 49 heavy (non-hydrogen) atoms. The Morgan fingerprint density at radius 1 is 0.612 bits per heavy atom. The lowest BCUT2D eigenvalue weighted by Gasteiger charge is -2.20. The fraction of sp³-hybridized carbons (Fsp3) is 0.811. The van der Waals surface area contributed by atoms with Crippen molar-refractivity contribution >= 4 is 25.7 Å². The fourth-order valence-corrected chi connectivity index (χ4v) is 5.65. The molecular formula is C37H68NO10P. The molecular weight excluding hydrogens is 649 g/mol. The number of hydrogen-bond acceptors (Lipinski definition) is 9. The standard InChI is InChI=1S/C37H68NO10P/c1-3-5-7-9-11-13-15-17-19-20-22-24-26-28-35(39)45-30-33(31-46-49(43,44)47-32-34(38)37(41)42)48-36(40)29-27-25-23-21-18-16-14-12-10-8-6-4-2/h12-15,33-34H,3-11,16-32,38H2,1-2H3,(H,41,42)(H,43,44)/b14-12-,15-13-/t33-,34+/m1/s1. The molecule has 0 heterocycles. The Bertz CT molecular complexity index is 942. The van der Waals surface area contributed by atoms with Crippen molar-refractivity contribution in [2.75, 3.05) is 19.8 Å². The molecule has 11 nitrogen and oxygen atoms in total. The van der Waals surface area contributed by atoms with E-state index in [1.807, 2.05) is 0 Å². The van der Waals surface area contributed by atoms with Gasteiger partial charge in [0, 0.05) is 12.8 Å². The van der Waals surface area contributed by atoms with Gasteiger partial charge in [-0.2, -0.15) is 0 Å². The number of nitrogens with two attached hydrogens (primary N) is 1. The highest BCUT2D eigenvalue weighted by molar-refractivity contribution is 7.47. The quantitative estimate of drug-likeness (QED) is 0.0247. The minimum atomic E-state index is -4.71. The SMILES string of the molecule is CCCCC/C=C\CCCCCCCC(=O)O[C@H](COC(=O)CCCCCCC/C=C\CCCCCC)COP(=O)(O)OC[C@H](N)C(=O)O. The van der Waals surface area contributed by atoms with E-state index in [-0.39, 0.29) is 19.4 Å². The molecule has 0 aromatic heterocycles. The number of esters is 2. The molecule has 4 N–H and O–H groups in total. The predicted octanol–water partition coefficient (Wildman–Crippen LogP) is 9.11. The van der Waals surface area contributed by atoms with Crippen molar-refractivity contribution in [1.82, 2.24) is 0 Å². The van der Waals surface area contributed by atoms with Crippen molar-refractivity contribution in [3.05, 3.63) is 24.3 Å². The molecule has 0 fully saturated rings. The molecule has 3 atom stereocenters. The molecule has 0 aliphatic heterocycles. The van der Waals surface area contributed by atoms with Gasteiger partial charge in [0.2, 0.25) is 0 Å². The van der Waals surface area contributed by atoms with E-state index in [9.17, 15) is 23.8 Å². The molecule has 0 saturated heterocycles. The van der Waals surface area contributed by atoms with E-state index in [2.05, 4.69) is 42.7 Å². The summed E-state index contributed by atoms with van der Waals surface area (Å²) in [5.74, 6) is -2.40. The summed E-state index contributed by atoms with van der Waals surface area (Å²) in [5.41, 5.74) is 5.31. The molecule has 12 heteroatoms. The number of carboxylic acids is 1. The molecule has 0 aromatic rings. The van der Waals surface area contributed by atoms with Crippen LogP contribution in [0.4, 0.5) is 0 Å². The van der Waals surface area contributed by atoms with Crippen LogP contribution in [-0.4, -0.2) is 59.9 Å².